The van der Waals surface area contributed by atoms with Crippen LogP contribution in [0.25, 0.3) is 0 Å². The van der Waals surface area contributed by atoms with Crippen molar-refractivity contribution in [1.82, 2.24) is 4.59 Å². The van der Waals surface area contributed by atoms with E-state index >= 15 is 0 Å². The van der Waals surface area contributed by atoms with Gasteiger partial charge in [-0.3, -0.25) is 0 Å². The van der Waals surface area contributed by atoms with Crippen LogP contribution in [0.3, 0.4) is 0 Å². The molecule has 0 amide bonds. The number of hydrogen-bond acceptors (Lipinski definition) is 2. The summed E-state index contributed by atoms with van der Waals surface area (Å²) in [5, 5.41) is 4.54. The zero-order chi connectivity index (χ0) is 10.0. The maximum Gasteiger partial charge on any atom is 0.161 e. The molecule has 0 bridgehead atoms. The summed E-state index contributed by atoms with van der Waals surface area (Å²) >= 11 is 0. The van der Waals surface area contributed by atoms with Crippen molar-refractivity contribution in [2.75, 3.05) is 13.1 Å². The smallest absolute Gasteiger partial charge is 0.161 e. The van der Waals surface area contributed by atoms with Crippen LogP contribution in [0.1, 0.15) is 13.3 Å². The van der Waals surface area contributed by atoms with Crippen LogP contribution in [0, 0.1) is 0 Å². The van der Waals surface area contributed by atoms with Crippen molar-refractivity contribution in [2.45, 2.75) is 13.3 Å². The van der Waals surface area contributed by atoms with Gasteiger partial charge in [-0.05, 0) is 6.92 Å². The topological polar surface area (TPSA) is 38.4 Å². The third kappa shape index (κ3) is 1.40. The van der Waals surface area contributed by atoms with Gasteiger partial charge in [0.25, 0.3) is 0 Å². The molecule has 0 saturated carbocycles. The number of rotatable bonds is 2. The number of hydrogen-bond donors (Lipinski definition) is 1. The van der Waals surface area contributed by atoms with E-state index in [0.717, 1.165) is 25.3 Å². The first-order valence-corrected chi connectivity index (χ1v) is 5.04. The first kappa shape index (κ1) is 9.21. The molecule has 0 saturated heterocycles. The van der Waals surface area contributed by atoms with Crippen molar-refractivity contribution in [3.05, 3.63) is 30.3 Å². The second-order valence-electron chi connectivity index (χ2n) is 3.64. The molecule has 0 fully saturated rings. The number of nitrogens with two attached hydrogens (primary N) is 1. The lowest BCUT2D eigenvalue weighted by Gasteiger charge is -2.26. The summed E-state index contributed by atoms with van der Waals surface area (Å²) in [6.45, 7) is 4.10. The van der Waals surface area contributed by atoms with Gasteiger partial charge in [0.15, 0.2) is 11.5 Å². The minimum atomic E-state index is 0.659. The molecule has 1 atom stereocenters. The minimum Gasteiger partial charge on any atom is -0.383 e. The Kier molecular flexibility index (Phi) is 2.25. The normalized spacial score (nSPS) is 26.2. The second kappa shape index (κ2) is 3.42. The van der Waals surface area contributed by atoms with Gasteiger partial charge in [-0.25, -0.2) is 0 Å². The molecule has 3 heteroatoms. The number of para-hydroxylation sites is 1. The maximum atomic E-state index is 5.76. The van der Waals surface area contributed by atoms with E-state index in [2.05, 4.69) is 36.3 Å². The van der Waals surface area contributed by atoms with Crippen molar-refractivity contribution >= 4 is 11.5 Å². The van der Waals surface area contributed by atoms with E-state index in [9.17, 15) is 0 Å². The molecule has 14 heavy (non-hydrogen) atoms. The van der Waals surface area contributed by atoms with Gasteiger partial charge in [-0.1, -0.05) is 23.3 Å². The lowest BCUT2D eigenvalue weighted by Crippen LogP contribution is -2.41. The van der Waals surface area contributed by atoms with Crippen molar-refractivity contribution < 1.29 is 0 Å². The fourth-order valence-corrected chi connectivity index (χ4v) is 1.95. The van der Waals surface area contributed by atoms with Gasteiger partial charge in [-0.2, -0.15) is 4.59 Å². The van der Waals surface area contributed by atoms with Crippen LogP contribution in [0.5, 0.6) is 0 Å². The first-order valence-electron chi connectivity index (χ1n) is 5.04. The molecule has 1 aromatic carbocycles. The number of nitrogens with zero attached hydrogens (tertiary/aromatic N) is 2. The Bertz CT molecular complexity index is 345. The molecule has 74 valence electrons. The van der Waals surface area contributed by atoms with Gasteiger partial charge in [-0.15, -0.1) is 0 Å². The summed E-state index contributed by atoms with van der Waals surface area (Å²) in [4.78, 5) is 0. The Morgan fingerprint density at radius 1 is 1.36 bits per heavy atom. The van der Waals surface area contributed by atoms with E-state index in [4.69, 9.17) is 5.73 Å². The van der Waals surface area contributed by atoms with E-state index in [1.54, 1.807) is 0 Å². The fourth-order valence-electron chi connectivity index (χ4n) is 1.95. The molecule has 1 aliphatic heterocycles. The highest BCUT2D eigenvalue weighted by molar-refractivity contribution is 5.83. The molecule has 3 nitrogen and oxygen atoms in total. The summed E-state index contributed by atoms with van der Waals surface area (Å²) in [7, 11) is 0. The van der Waals surface area contributed by atoms with Gasteiger partial charge >= 0.3 is 0 Å². The standard InChI is InChI=1S/C11H16N3/c1-2-14(9-8-11(12)13-14)10-6-4-3-5-7-10/h3-7H,2,8-9H2,1H3,(H2,12,13)/q+1. The molecule has 1 aromatic rings. The van der Waals surface area contributed by atoms with Crippen LogP contribution < -0.4 is 10.3 Å². The minimum absolute atomic E-state index is 0.659. The predicted octanol–water partition coefficient (Wildman–Crippen LogP) is 1.69. The van der Waals surface area contributed by atoms with E-state index in [-0.39, 0.29) is 0 Å². The highest BCUT2D eigenvalue weighted by Crippen LogP contribution is 2.27. The second-order valence-corrected chi connectivity index (χ2v) is 3.64. The molecule has 1 heterocycles. The number of amidine groups is 1. The van der Waals surface area contributed by atoms with Crippen LogP contribution in [-0.4, -0.2) is 18.9 Å². The van der Waals surface area contributed by atoms with Crippen molar-refractivity contribution in [1.29, 1.82) is 0 Å². The lowest BCUT2D eigenvalue weighted by atomic mass is 10.2. The molecule has 1 aliphatic rings. The molecule has 1 unspecified atom stereocenters. The monoisotopic (exact) mass is 190 g/mol. The van der Waals surface area contributed by atoms with Crippen LogP contribution in [0.4, 0.5) is 5.69 Å². The van der Waals surface area contributed by atoms with Crippen LogP contribution in [0.2, 0.25) is 0 Å². The summed E-state index contributed by atoms with van der Waals surface area (Å²) < 4.78 is 0.659. The summed E-state index contributed by atoms with van der Waals surface area (Å²) in [5.41, 5.74) is 6.99. The summed E-state index contributed by atoms with van der Waals surface area (Å²) in [6.07, 6.45) is 0.905. The SMILES string of the molecule is CC[N+]1(c2ccccc2)CCC(N)=N1. The van der Waals surface area contributed by atoms with Gasteiger partial charge in [0, 0.05) is 12.1 Å². The average molecular weight is 190 g/mol. The third-order valence-corrected chi connectivity index (χ3v) is 2.82. The molecule has 0 spiro atoms. The van der Waals surface area contributed by atoms with Crippen molar-refractivity contribution in [3.63, 3.8) is 0 Å². The Balaban J connectivity index is 2.40. The first-order chi connectivity index (χ1) is 6.77. The third-order valence-electron chi connectivity index (χ3n) is 2.82. The van der Waals surface area contributed by atoms with Gasteiger partial charge in [0.05, 0.1) is 6.42 Å². The summed E-state index contributed by atoms with van der Waals surface area (Å²) in [6, 6.07) is 10.4. The Morgan fingerprint density at radius 2 is 2.07 bits per heavy atom. The molecule has 0 radical (unpaired) electrons. The van der Waals surface area contributed by atoms with Gasteiger partial charge in [0.2, 0.25) is 0 Å². The molecular formula is C11H16N3+. The Morgan fingerprint density at radius 3 is 2.57 bits per heavy atom. The van der Waals surface area contributed by atoms with Crippen molar-refractivity contribution in [2.24, 2.45) is 10.8 Å². The Hall–Kier alpha value is -1.35. The summed E-state index contributed by atoms with van der Waals surface area (Å²) in [5.74, 6) is 0.774. The molecular weight excluding hydrogens is 174 g/mol. The fraction of sp³-hybridized carbons (Fsp3) is 0.364. The highest BCUT2D eigenvalue weighted by atomic mass is 15.6. The zero-order valence-electron chi connectivity index (χ0n) is 8.48. The number of benzene rings is 1. The number of quaternary nitrogens is 1. The van der Waals surface area contributed by atoms with E-state index < -0.39 is 0 Å². The van der Waals surface area contributed by atoms with Crippen molar-refractivity contribution in [3.8, 4) is 0 Å². The highest BCUT2D eigenvalue weighted by Gasteiger charge is 2.34. The quantitative estimate of drug-likeness (QED) is 0.708. The zero-order valence-corrected chi connectivity index (χ0v) is 8.48. The molecule has 0 aromatic heterocycles. The van der Waals surface area contributed by atoms with E-state index in [1.165, 1.54) is 5.69 Å². The predicted molar refractivity (Wildman–Crippen MR) is 59.9 cm³/mol. The largest absolute Gasteiger partial charge is 0.383 e. The van der Waals surface area contributed by atoms with Gasteiger partial charge in [0.1, 0.15) is 13.1 Å². The van der Waals surface area contributed by atoms with Crippen LogP contribution >= 0.6 is 0 Å². The maximum absolute atomic E-state index is 5.76. The van der Waals surface area contributed by atoms with Crippen LogP contribution in [0.15, 0.2) is 35.4 Å². The van der Waals surface area contributed by atoms with Crippen LogP contribution in [-0.2, 0) is 0 Å². The van der Waals surface area contributed by atoms with E-state index in [1.807, 2.05) is 6.07 Å². The Labute approximate surface area is 84.4 Å². The molecule has 0 aliphatic carbocycles. The van der Waals surface area contributed by atoms with E-state index in [0.29, 0.717) is 4.59 Å². The molecule has 2 N–H and O–H groups in total. The van der Waals surface area contributed by atoms with Gasteiger partial charge < -0.3 is 5.73 Å². The average Bonchev–Trinajstić information content (AvgIpc) is 2.63. The lowest BCUT2D eigenvalue weighted by molar-refractivity contribution is 0.330. The molecule has 2 rings (SSSR count).